The maximum absolute atomic E-state index is 12.6. The largest absolute Gasteiger partial charge is 0.444 e. The molecule has 3 rings (SSSR count). The van der Waals surface area contributed by atoms with Crippen LogP contribution in [0.2, 0.25) is 0 Å². The first-order valence-corrected chi connectivity index (χ1v) is 8.16. The second-order valence-corrected chi connectivity index (χ2v) is 7.31. The standard InChI is InChI=1S/C18H24N2O3/c1-12(13-8-6-5-7-9-13)20-14-10-11-19(15(14)16(20)21)17(22)23-18(2,3)4/h5-9,12,14-15H,10-11H2,1-4H3/t12-,14-,15+/m1/s1. The molecule has 23 heavy (non-hydrogen) atoms. The molecule has 2 fully saturated rings. The molecule has 2 amide bonds. The van der Waals surface area contributed by atoms with E-state index in [-0.39, 0.29) is 30.1 Å². The van der Waals surface area contributed by atoms with Gasteiger partial charge in [0.15, 0.2) is 0 Å². The number of nitrogens with zero attached hydrogens (tertiary/aromatic N) is 2. The summed E-state index contributed by atoms with van der Waals surface area (Å²) in [5, 5.41) is 0. The second-order valence-electron chi connectivity index (χ2n) is 7.31. The number of hydrogen-bond donors (Lipinski definition) is 0. The topological polar surface area (TPSA) is 49.9 Å². The van der Waals surface area contributed by atoms with Crippen molar-refractivity contribution < 1.29 is 14.3 Å². The molecular weight excluding hydrogens is 292 g/mol. The molecule has 0 N–H and O–H groups in total. The maximum atomic E-state index is 12.6. The van der Waals surface area contributed by atoms with Crippen LogP contribution < -0.4 is 0 Å². The van der Waals surface area contributed by atoms with E-state index in [1.807, 2.05) is 62.9 Å². The van der Waals surface area contributed by atoms with Gasteiger partial charge in [-0.1, -0.05) is 30.3 Å². The van der Waals surface area contributed by atoms with E-state index in [2.05, 4.69) is 0 Å². The van der Waals surface area contributed by atoms with E-state index in [1.54, 1.807) is 4.90 Å². The van der Waals surface area contributed by atoms with Crippen LogP contribution in [0.25, 0.3) is 0 Å². The summed E-state index contributed by atoms with van der Waals surface area (Å²) in [6.07, 6.45) is 0.428. The van der Waals surface area contributed by atoms with E-state index in [9.17, 15) is 9.59 Å². The van der Waals surface area contributed by atoms with Crippen LogP contribution in [0.3, 0.4) is 0 Å². The van der Waals surface area contributed by atoms with Gasteiger partial charge in [-0.3, -0.25) is 9.69 Å². The summed E-state index contributed by atoms with van der Waals surface area (Å²) in [5.74, 6) is 0.0229. The van der Waals surface area contributed by atoms with Crippen molar-refractivity contribution in [1.82, 2.24) is 9.80 Å². The lowest BCUT2D eigenvalue weighted by Crippen LogP contribution is -2.67. The van der Waals surface area contributed by atoms with Gasteiger partial charge in [0.2, 0.25) is 5.91 Å². The van der Waals surface area contributed by atoms with Crippen molar-refractivity contribution in [3.8, 4) is 0 Å². The molecule has 0 aromatic heterocycles. The second kappa shape index (κ2) is 5.55. The number of fused-ring (bicyclic) bond motifs is 1. The van der Waals surface area contributed by atoms with Gasteiger partial charge < -0.3 is 9.64 Å². The Labute approximate surface area is 137 Å². The van der Waals surface area contributed by atoms with Crippen molar-refractivity contribution in [3.05, 3.63) is 35.9 Å². The summed E-state index contributed by atoms with van der Waals surface area (Å²) in [4.78, 5) is 28.4. The summed E-state index contributed by atoms with van der Waals surface area (Å²) < 4.78 is 5.42. The molecule has 2 saturated heterocycles. The van der Waals surface area contributed by atoms with Crippen LogP contribution in [0.4, 0.5) is 4.79 Å². The van der Waals surface area contributed by atoms with Crippen molar-refractivity contribution >= 4 is 12.0 Å². The van der Waals surface area contributed by atoms with Crippen molar-refractivity contribution in [3.63, 3.8) is 0 Å². The van der Waals surface area contributed by atoms with Crippen LogP contribution in [-0.4, -0.2) is 46.0 Å². The van der Waals surface area contributed by atoms with E-state index < -0.39 is 5.60 Å². The van der Waals surface area contributed by atoms with Crippen LogP contribution in [-0.2, 0) is 9.53 Å². The number of likely N-dealkylation sites (tertiary alicyclic amines) is 2. The van der Waals surface area contributed by atoms with Gasteiger partial charge in [-0.2, -0.15) is 0 Å². The summed E-state index contributed by atoms with van der Waals surface area (Å²) >= 11 is 0. The van der Waals surface area contributed by atoms with Gasteiger partial charge >= 0.3 is 6.09 Å². The zero-order valence-corrected chi connectivity index (χ0v) is 14.2. The molecule has 3 atom stereocenters. The van der Waals surface area contributed by atoms with Crippen LogP contribution in [0.15, 0.2) is 30.3 Å². The van der Waals surface area contributed by atoms with Gasteiger partial charge in [-0.05, 0) is 39.7 Å². The van der Waals surface area contributed by atoms with E-state index >= 15 is 0 Å². The van der Waals surface area contributed by atoms with Crippen LogP contribution in [0.5, 0.6) is 0 Å². The highest BCUT2D eigenvalue weighted by molar-refractivity contribution is 5.93. The lowest BCUT2D eigenvalue weighted by Gasteiger charge is -2.48. The molecule has 0 spiro atoms. The minimum atomic E-state index is -0.543. The molecule has 124 valence electrons. The van der Waals surface area contributed by atoms with Gasteiger partial charge in [0.1, 0.15) is 11.6 Å². The lowest BCUT2D eigenvalue weighted by molar-refractivity contribution is -0.157. The fourth-order valence-electron chi connectivity index (χ4n) is 3.49. The number of amides is 2. The minimum Gasteiger partial charge on any atom is -0.444 e. The number of β-lactam (4-membered cyclic amide) rings is 1. The normalized spacial score (nSPS) is 25.0. The number of ether oxygens (including phenoxy) is 1. The molecule has 0 saturated carbocycles. The monoisotopic (exact) mass is 316 g/mol. The van der Waals surface area contributed by atoms with Crippen molar-refractivity contribution in [2.24, 2.45) is 0 Å². The molecule has 1 aromatic carbocycles. The Morgan fingerprint density at radius 3 is 2.52 bits per heavy atom. The van der Waals surface area contributed by atoms with Gasteiger partial charge in [0, 0.05) is 6.54 Å². The zero-order chi connectivity index (χ0) is 16.8. The first kappa shape index (κ1) is 15.8. The third kappa shape index (κ3) is 2.80. The van der Waals surface area contributed by atoms with Gasteiger partial charge in [-0.25, -0.2) is 4.79 Å². The average molecular weight is 316 g/mol. The SMILES string of the molecule is C[C@H](c1ccccc1)N1C(=O)[C@@H]2[C@H]1CCN2C(=O)OC(C)(C)C. The van der Waals surface area contributed by atoms with Crippen LogP contribution in [0.1, 0.15) is 45.7 Å². The molecular formula is C18H24N2O3. The predicted molar refractivity (Wildman–Crippen MR) is 86.8 cm³/mol. The fourth-order valence-corrected chi connectivity index (χ4v) is 3.49. The minimum absolute atomic E-state index is 0.0229. The van der Waals surface area contributed by atoms with Gasteiger partial charge in [-0.15, -0.1) is 0 Å². The zero-order valence-electron chi connectivity index (χ0n) is 14.2. The van der Waals surface area contributed by atoms with E-state index in [0.717, 1.165) is 12.0 Å². The molecule has 2 aliphatic rings. The lowest BCUT2D eigenvalue weighted by atomic mass is 9.91. The molecule has 0 aliphatic carbocycles. The van der Waals surface area contributed by atoms with Crippen LogP contribution >= 0.6 is 0 Å². The van der Waals surface area contributed by atoms with E-state index in [1.165, 1.54) is 0 Å². The summed E-state index contributed by atoms with van der Waals surface area (Å²) in [7, 11) is 0. The third-order valence-electron chi connectivity index (χ3n) is 4.56. The van der Waals surface area contributed by atoms with Crippen molar-refractivity contribution in [1.29, 1.82) is 0 Å². The Morgan fingerprint density at radius 2 is 1.91 bits per heavy atom. The molecule has 0 unspecified atom stereocenters. The molecule has 0 radical (unpaired) electrons. The highest BCUT2D eigenvalue weighted by Crippen LogP contribution is 2.40. The molecule has 0 bridgehead atoms. The quantitative estimate of drug-likeness (QED) is 0.788. The van der Waals surface area contributed by atoms with Crippen molar-refractivity contribution in [2.45, 2.75) is 57.8 Å². The first-order valence-electron chi connectivity index (χ1n) is 8.16. The molecule has 5 nitrogen and oxygen atoms in total. The predicted octanol–water partition coefficient (Wildman–Crippen LogP) is 2.97. The Bertz CT molecular complexity index is 608. The van der Waals surface area contributed by atoms with Gasteiger partial charge in [0.25, 0.3) is 0 Å². The third-order valence-corrected chi connectivity index (χ3v) is 4.56. The van der Waals surface area contributed by atoms with E-state index in [4.69, 9.17) is 4.74 Å². The van der Waals surface area contributed by atoms with Gasteiger partial charge in [0.05, 0.1) is 12.1 Å². The molecule has 5 heteroatoms. The fraction of sp³-hybridized carbons (Fsp3) is 0.556. The number of rotatable bonds is 2. The van der Waals surface area contributed by atoms with Crippen molar-refractivity contribution in [2.75, 3.05) is 6.54 Å². The van der Waals surface area contributed by atoms with Crippen LogP contribution in [0, 0.1) is 0 Å². The highest BCUT2D eigenvalue weighted by atomic mass is 16.6. The Kier molecular flexibility index (Phi) is 3.82. The Morgan fingerprint density at radius 1 is 1.26 bits per heavy atom. The summed E-state index contributed by atoms with van der Waals surface area (Å²) in [5.41, 5.74) is 0.578. The smallest absolute Gasteiger partial charge is 0.411 e. The number of benzene rings is 1. The summed E-state index contributed by atoms with van der Waals surface area (Å²) in [6, 6.07) is 9.78. The average Bonchev–Trinajstić information content (AvgIpc) is 2.86. The molecule has 1 aromatic rings. The molecule has 2 heterocycles. The molecule has 2 aliphatic heterocycles. The maximum Gasteiger partial charge on any atom is 0.411 e. The highest BCUT2D eigenvalue weighted by Gasteiger charge is 2.57. The summed E-state index contributed by atoms with van der Waals surface area (Å²) in [6.45, 7) is 8.13. The Balaban J connectivity index is 1.71. The first-order chi connectivity index (χ1) is 10.8. The Hall–Kier alpha value is -2.04. The number of carbonyl (C=O) groups is 2. The number of carbonyl (C=O) groups excluding carboxylic acids is 2. The number of hydrogen-bond acceptors (Lipinski definition) is 3. The van der Waals surface area contributed by atoms with E-state index in [0.29, 0.717) is 6.54 Å².